The lowest BCUT2D eigenvalue weighted by Gasteiger charge is -2.26. The van der Waals surface area contributed by atoms with E-state index in [1.165, 1.54) is 24.1 Å². The van der Waals surface area contributed by atoms with Crippen LogP contribution in [0.3, 0.4) is 0 Å². The molecule has 1 aliphatic rings. The van der Waals surface area contributed by atoms with E-state index in [1.54, 1.807) is 44.2 Å². The van der Waals surface area contributed by atoms with Crippen LogP contribution in [0.2, 0.25) is 0 Å². The smallest absolute Gasteiger partial charge is 0.459 e. The van der Waals surface area contributed by atoms with E-state index in [0.717, 1.165) is 11.8 Å². The number of terminal acetylenes is 1. The predicted molar refractivity (Wildman–Crippen MR) is 143 cm³/mol. The number of nitrogens with one attached hydrogen (secondary N) is 1. The summed E-state index contributed by atoms with van der Waals surface area (Å²) >= 11 is 0.942. The summed E-state index contributed by atoms with van der Waals surface area (Å²) in [5.41, 5.74) is 3.75. The fourth-order valence-electron chi connectivity index (χ4n) is 3.86. The van der Waals surface area contributed by atoms with Gasteiger partial charge in [0.1, 0.15) is 35.1 Å². The van der Waals surface area contributed by atoms with Crippen molar-refractivity contribution in [2.75, 3.05) is 12.3 Å². The van der Waals surface area contributed by atoms with Gasteiger partial charge in [-0.1, -0.05) is 24.1 Å². The van der Waals surface area contributed by atoms with Crippen LogP contribution in [0.1, 0.15) is 26.1 Å². The van der Waals surface area contributed by atoms with Gasteiger partial charge in [-0.2, -0.15) is 5.09 Å². The van der Waals surface area contributed by atoms with Gasteiger partial charge in [-0.05, 0) is 32.9 Å². The molecule has 0 amide bonds. The summed E-state index contributed by atoms with van der Waals surface area (Å²) in [6, 6.07) is 7.07. The maximum Gasteiger partial charge on any atom is 0.459 e. The zero-order valence-corrected chi connectivity index (χ0v) is 23.0. The van der Waals surface area contributed by atoms with Crippen LogP contribution < -0.4 is 15.3 Å². The number of para-hydroxylation sites is 1. The number of aliphatic hydroxyl groups is 1. The second kappa shape index (κ2) is 11.5. The number of nitrogens with two attached hydrogens (primary N) is 1. The highest BCUT2D eigenvalue weighted by Gasteiger charge is 2.57. The van der Waals surface area contributed by atoms with Crippen molar-refractivity contribution < 1.29 is 32.6 Å². The van der Waals surface area contributed by atoms with E-state index in [2.05, 4.69) is 20.0 Å². The van der Waals surface area contributed by atoms with E-state index in [4.69, 9.17) is 25.9 Å². The maximum atomic E-state index is 16.1. The van der Waals surface area contributed by atoms with Crippen molar-refractivity contribution in [1.29, 1.82) is 0 Å². The quantitative estimate of drug-likeness (QED) is 0.183. The van der Waals surface area contributed by atoms with Crippen LogP contribution in [0.15, 0.2) is 43.0 Å². The van der Waals surface area contributed by atoms with Crippen LogP contribution >= 0.6 is 19.5 Å². The van der Waals surface area contributed by atoms with Crippen molar-refractivity contribution in [2.45, 2.75) is 55.3 Å². The first-order valence-electron chi connectivity index (χ1n) is 11.9. The highest BCUT2D eigenvalue weighted by atomic mass is 32.2. The Kier molecular flexibility index (Phi) is 8.48. The molecule has 12 nitrogen and oxygen atoms in total. The van der Waals surface area contributed by atoms with Gasteiger partial charge in [-0.25, -0.2) is 23.9 Å². The number of hydrogen-bond acceptors (Lipinski definition) is 11. The van der Waals surface area contributed by atoms with Gasteiger partial charge in [0.05, 0.1) is 24.3 Å². The molecule has 1 saturated heterocycles. The third-order valence-electron chi connectivity index (χ3n) is 5.74. The number of hydrogen-bond donors (Lipinski definition) is 3. The topological polar surface area (TPSA) is 164 Å². The number of carbonyl (C=O) groups is 1. The first-order valence-corrected chi connectivity index (χ1v) is 14.4. The number of rotatable bonds is 10. The van der Waals surface area contributed by atoms with Gasteiger partial charge < -0.3 is 20.1 Å². The molecule has 1 aromatic carbocycles. The number of carbonyl (C=O) groups excluding carboxylic acids is 1. The average Bonchev–Trinajstić information content (AvgIpc) is 3.43. The number of aliphatic hydroxyl groups excluding tert-OH is 1. The van der Waals surface area contributed by atoms with Crippen LogP contribution in [0.25, 0.3) is 11.2 Å². The van der Waals surface area contributed by atoms with E-state index in [-0.39, 0.29) is 22.7 Å². The summed E-state index contributed by atoms with van der Waals surface area (Å²) in [7, 11) is -4.26. The molecule has 2 aromatic heterocycles. The van der Waals surface area contributed by atoms with Gasteiger partial charge in [0.2, 0.25) is 5.67 Å². The normalized spacial score (nSPS) is 25.2. The average molecular weight is 579 g/mol. The number of nitrogen functional groups attached to an aromatic ring is 1. The summed E-state index contributed by atoms with van der Waals surface area (Å²) in [6.07, 6.45) is 5.92. The molecule has 3 aromatic rings. The number of esters is 1. The standard InChI is InChI=1S/C24H28FN6O6PS/c1-5-24(25)19(32)17(39-23(24)31-13-29-18-20(26)27-12-28-21(18)31)11-35-38(34,37-16-9-7-6-8-10-16)30-15(4)22(33)36-14(2)3/h1,6-10,12-15,17,19,23,32H,11H2,2-4H3,(H,30,34)(H2,26,27,28)/t15-,17+,19+,23+,24+,38-/m0/s1. The SMILES string of the molecule is C#C[C@@]1(F)[C@H](O)[C@@H](CO[P@@](=O)(N[C@@H](C)C(=O)OC(C)C)Oc2ccccc2)S[C@H]1n1cnc2c(N)ncnc21. The Morgan fingerprint density at radius 3 is 2.72 bits per heavy atom. The van der Waals surface area contributed by atoms with Crippen molar-refractivity contribution in [2.24, 2.45) is 0 Å². The van der Waals surface area contributed by atoms with E-state index < -0.39 is 54.9 Å². The molecule has 3 heterocycles. The third-order valence-corrected chi connectivity index (χ3v) is 8.96. The van der Waals surface area contributed by atoms with Gasteiger partial charge in [-0.15, -0.1) is 18.2 Å². The van der Waals surface area contributed by atoms with Crippen LogP contribution in [-0.4, -0.2) is 66.4 Å². The van der Waals surface area contributed by atoms with Crippen molar-refractivity contribution >= 4 is 42.5 Å². The Labute approximate surface area is 228 Å². The molecule has 39 heavy (non-hydrogen) atoms. The molecule has 208 valence electrons. The molecular formula is C24H28FN6O6PS. The van der Waals surface area contributed by atoms with Gasteiger partial charge in [0.15, 0.2) is 11.5 Å². The number of nitrogens with zero attached hydrogens (tertiary/aromatic N) is 4. The number of fused-ring (bicyclic) bond motifs is 1. The molecule has 4 rings (SSSR count). The monoisotopic (exact) mass is 578 g/mol. The van der Waals surface area contributed by atoms with E-state index in [9.17, 15) is 14.5 Å². The Bertz CT molecular complexity index is 1420. The summed E-state index contributed by atoms with van der Waals surface area (Å²) in [6.45, 7) is 4.33. The molecule has 1 fully saturated rings. The Balaban J connectivity index is 1.57. The highest BCUT2D eigenvalue weighted by molar-refractivity contribution is 8.00. The fourth-order valence-corrected chi connectivity index (χ4v) is 6.99. The van der Waals surface area contributed by atoms with Crippen LogP contribution in [-0.2, 0) is 18.6 Å². The number of aromatic nitrogens is 4. The summed E-state index contributed by atoms with van der Waals surface area (Å²) in [5, 5.41) is 11.3. The first kappa shape index (κ1) is 28.8. The largest absolute Gasteiger partial charge is 0.462 e. The molecule has 0 spiro atoms. The molecule has 1 aliphatic heterocycles. The molecule has 6 atom stereocenters. The van der Waals surface area contributed by atoms with Crippen molar-refractivity contribution in [1.82, 2.24) is 24.6 Å². The fraction of sp³-hybridized carbons (Fsp3) is 0.417. The Morgan fingerprint density at radius 2 is 2.05 bits per heavy atom. The number of imidazole rings is 1. The van der Waals surface area contributed by atoms with Crippen LogP contribution in [0, 0.1) is 12.3 Å². The van der Waals surface area contributed by atoms with Crippen LogP contribution in [0.5, 0.6) is 5.75 Å². The number of benzene rings is 1. The lowest BCUT2D eigenvalue weighted by molar-refractivity contribution is -0.149. The molecule has 0 unspecified atom stereocenters. The van der Waals surface area contributed by atoms with Crippen molar-refractivity contribution in [3.05, 3.63) is 43.0 Å². The number of anilines is 1. The maximum absolute atomic E-state index is 16.1. The first-order chi connectivity index (χ1) is 18.5. The Hall–Kier alpha value is -3.21. The molecule has 0 radical (unpaired) electrons. The second-order valence-electron chi connectivity index (χ2n) is 9.00. The van der Waals surface area contributed by atoms with Gasteiger partial charge >= 0.3 is 13.7 Å². The molecule has 0 saturated carbocycles. The lowest BCUT2D eigenvalue weighted by Crippen LogP contribution is -2.42. The lowest BCUT2D eigenvalue weighted by atomic mass is 9.97. The number of thioether (sulfide) groups is 1. The summed E-state index contributed by atoms with van der Waals surface area (Å²) in [5.74, 6) is 1.66. The number of alkyl halides is 1. The minimum atomic E-state index is -4.26. The predicted octanol–water partition coefficient (Wildman–Crippen LogP) is 2.86. The number of ether oxygens (including phenoxy) is 1. The Morgan fingerprint density at radius 1 is 1.33 bits per heavy atom. The molecule has 0 bridgehead atoms. The summed E-state index contributed by atoms with van der Waals surface area (Å²) in [4.78, 5) is 24.5. The van der Waals surface area contributed by atoms with Gasteiger partial charge in [0.25, 0.3) is 0 Å². The van der Waals surface area contributed by atoms with E-state index in [1.807, 2.05) is 5.92 Å². The minimum absolute atomic E-state index is 0.0996. The molecular weight excluding hydrogens is 550 g/mol. The molecule has 4 N–H and O–H groups in total. The third kappa shape index (κ3) is 6.03. The number of halogens is 1. The molecule has 15 heteroatoms. The molecule has 0 aliphatic carbocycles. The zero-order chi connectivity index (χ0) is 28.4. The van der Waals surface area contributed by atoms with Crippen molar-refractivity contribution in [3.8, 4) is 18.1 Å². The zero-order valence-electron chi connectivity index (χ0n) is 21.3. The highest BCUT2D eigenvalue weighted by Crippen LogP contribution is 2.53. The van der Waals surface area contributed by atoms with Gasteiger partial charge in [-0.3, -0.25) is 13.9 Å². The second-order valence-corrected chi connectivity index (χ2v) is 12.0. The van der Waals surface area contributed by atoms with Crippen LogP contribution in [0.4, 0.5) is 10.2 Å². The van der Waals surface area contributed by atoms with E-state index in [0.29, 0.717) is 0 Å². The van der Waals surface area contributed by atoms with Gasteiger partial charge in [0, 0.05) is 0 Å². The summed E-state index contributed by atoms with van der Waals surface area (Å²) < 4.78 is 47.6. The van der Waals surface area contributed by atoms with Crippen molar-refractivity contribution in [3.63, 3.8) is 0 Å². The van der Waals surface area contributed by atoms with E-state index >= 15 is 4.39 Å². The minimum Gasteiger partial charge on any atom is -0.462 e.